The van der Waals surface area contributed by atoms with Crippen molar-refractivity contribution in [1.29, 1.82) is 0 Å². The van der Waals surface area contributed by atoms with Crippen LogP contribution in [0.4, 0.5) is 13.2 Å². The van der Waals surface area contributed by atoms with Crippen LogP contribution in [0, 0.1) is 23.4 Å². The fourth-order valence-corrected chi connectivity index (χ4v) is 6.01. The number of benzene rings is 2. The van der Waals surface area contributed by atoms with Gasteiger partial charge in [0.2, 0.25) is 0 Å². The van der Waals surface area contributed by atoms with Gasteiger partial charge in [0.15, 0.2) is 11.6 Å². The van der Waals surface area contributed by atoms with Crippen molar-refractivity contribution >= 4 is 5.97 Å². The van der Waals surface area contributed by atoms with Crippen LogP contribution in [0.15, 0.2) is 30.3 Å². The van der Waals surface area contributed by atoms with Crippen molar-refractivity contribution in [2.75, 3.05) is 6.61 Å². The van der Waals surface area contributed by atoms with Gasteiger partial charge in [0.05, 0.1) is 12.2 Å². The molecule has 2 aliphatic carbocycles. The van der Waals surface area contributed by atoms with Crippen LogP contribution in [0.5, 0.6) is 5.75 Å². The summed E-state index contributed by atoms with van der Waals surface area (Å²) in [5.74, 6) is -1.96. The molecular formula is C30H37F3O3. The fraction of sp³-hybridized carbons (Fsp3) is 0.567. The van der Waals surface area contributed by atoms with E-state index in [9.17, 15) is 18.0 Å². The van der Waals surface area contributed by atoms with E-state index in [2.05, 4.69) is 6.92 Å². The largest absolute Gasteiger partial charge is 0.494 e. The average molecular weight is 503 g/mol. The molecule has 0 unspecified atom stereocenters. The molecule has 3 nitrogen and oxygen atoms in total. The Bertz CT molecular complexity index is 1040. The van der Waals surface area contributed by atoms with Crippen LogP contribution in [0.3, 0.4) is 0 Å². The molecular weight excluding hydrogens is 465 g/mol. The third kappa shape index (κ3) is 6.07. The molecule has 2 aliphatic rings. The van der Waals surface area contributed by atoms with Gasteiger partial charge in [-0.15, -0.1) is 0 Å². The molecule has 0 N–H and O–H groups in total. The van der Waals surface area contributed by atoms with Crippen molar-refractivity contribution in [3.63, 3.8) is 0 Å². The maximum absolute atomic E-state index is 15.0. The maximum atomic E-state index is 15.0. The van der Waals surface area contributed by atoms with E-state index in [1.807, 2.05) is 6.92 Å². The van der Waals surface area contributed by atoms with Gasteiger partial charge < -0.3 is 9.47 Å². The van der Waals surface area contributed by atoms with Gasteiger partial charge in [-0.2, -0.15) is 0 Å². The molecule has 6 heteroatoms. The lowest BCUT2D eigenvalue weighted by molar-refractivity contribution is 0.0188. The van der Waals surface area contributed by atoms with Crippen molar-refractivity contribution in [2.24, 2.45) is 5.92 Å². The summed E-state index contributed by atoms with van der Waals surface area (Å²) in [7, 11) is 0. The van der Waals surface area contributed by atoms with Crippen LogP contribution in [-0.4, -0.2) is 18.7 Å². The van der Waals surface area contributed by atoms with Gasteiger partial charge in [-0.1, -0.05) is 31.9 Å². The first kappa shape index (κ1) is 26.6. The number of ether oxygens (including phenoxy) is 2. The van der Waals surface area contributed by atoms with Gasteiger partial charge >= 0.3 is 5.97 Å². The van der Waals surface area contributed by atoms with E-state index in [4.69, 9.17) is 9.47 Å². The molecule has 2 fully saturated rings. The molecule has 0 amide bonds. The first-order valence-corrected chi connectivity index (χ1v) is 13.5. The zero-order valence-electron chi connectivity index (χ0n) is 21.3. The summed E-state index contributed by atoms with van der Waals surface area (Å²) in [6.07, 6.45) is 8.11. The highest BCUT2D eigenvalue weighted by atomic mass is 19.2. The molecule has 0 spiro atoms. The molecule has 4 rings (SSSR count). The molecule has 0 radical (unpaired) electrons. The number of carbonyl (C=O) groups is 1. The molecule has 0 saturated heterocycles. The molecule has 0 aromatic heterocycles. The van der Waals surface area contributed by atoms with Gasteiger partial charge in [0.1, 0.15) is 17.7 Å². The van der Waals surface area contributed by atoms with E-state index in [0.717, 1.165) is 32.1 Å². The van der Waals surface area contributed by atoms with E-state index in [1.54, 1.807) is 18.2 Å². The Labute approximate surface area is 212 Å². The zero-order valence-corrected chi connectivity index (χ0v) is 21.3. The first-order valence-electron chi connectivity index (χ1n) is 13.5. The lowest BCUT2D eigenvalue weighted by Gasteiger charge is -2.29. The van der Waals surface area contributed by atoms with Gasteiger partial charge in [0.25, 0.3) is 0 Å². The summed E-state index contributed by atoms with van der Waals surface area (Å²) < 4.78 is 55.3. The van der Waals surface area contributed by atoms with Crippen molar-refractivity contribution in [3.05, 3.63) is 64.5 Å². The summed E-state index contributed by atoms with van der Waals surface area (Å²) in [6, 6.07) is 7.86. The lowest BCUT2D eigenvalue weighted by atomic mass is 9.77. The second-order valence-corrected chi connectivity index (χ2v) is 10.3. The van der Waals surface area contributed by atoms with Gasteiger partial charge in [-0.25, -0.2) is 18.0 Å². The predicted molar refractivity (Wildman–Crippen MR) is 134 cm³/mol. The van der Waals surface area contributed by atoms with Crippen LogP contribution in [0.25, 0.3) is 0 Å². The summed E-state index contributed by atoms with van der Waals surface area (Å²) >= 11 is 0. The molecule has 36 heavy (non-hydrogen) atoms. The minimum absolute atomic E-state index is 0.00375. The van der Waals surface area contributed by atoms with Crippen molar-refractivity contribution in [2.45, 2.75) is 96.0 Å². The third-order valence-electron chi connectivity index (χ3n) is 7.99. The predicted octanol–water partition coefficient (Wildman–Crippen LogP) is 8.46. The summed E-state index contributed by atoms with van der Waals surface area (Å²) in [5.41, 5.74) is 0.656. The summed E-state index contributed by atoms with van der Waals surface area (Å²) in [6.45, 7) is 4.50. The van der Waals surface area contributed by atoms with Crippen LogP contribution < -0.4 is 4.74 Å². The number of hydrogen-bond acceptors (Lipinski definition) is 3. The third-order valence-corrected chi connectivity index (χ3v) is 7.99. The highest BCUT2D eigenvalue weighted by Gasteiger charge is 2.30. The van der Waals surface area contributed by atoms with Crippen LogP contribution in [-0.2, 0) is 4.74 Å². The van der Waals surface area contributed by atoms with E-state index in [-0.39, 0.29) is 23.2 Å². The quantitative estimate of drug-likeness (QED) is 0.340. The minimum atomic E-state index is -1.11. The Morgan fingerprint density at radius 3 is 2.11 bits per heavy atom. The number of rotatable bonds is 8. The molecule has 2 aromatic rings. The van der Waals surface area contributed by atoms with Crippen LogP contribution >= 0.6 is 0 Å². The lowest BCUT2D eigenvalue weighted by Crippen LogP contribution is -2.25. The number of halogens is 3. The van der Waals surface area contributed by atoms with E-state index in [0.29, 0.717) is 55.1 Å². The van der Waals surface area contributed by atoms with Gasteiger partial charge in [0, 0.05) is 6.07 Å². The Hall–Kier alpha value is -2.50. The van der Waals surface area contributed by atoms with E-state index in [1.165, 1.54) is 18.6 Å². The topological polar surface area (TPSA) is 35.5 Å². The normalized spacial score (nSPS) is 24.4. The minimum Gasteiger partial charge on any atom is -0.494 e. The van der Waals surface area contributed by atoms with Crippen molar-refractivity contribution < 1.29 is 27.4 Å². The highest BCUT2D eigenvalue weighted by molar-refractivity contribution is 5.90. The van der Waals surface area contributed by atoms with Crippen molar-refractivity contribution in [1.82, 2.24) is 0 Å². The van der Waals surface area contributed by atoms with E-state index < -0.39 is 23.7 Å². The molecule has 2 saturated carbocycles. The monoisotopic (exact) mass is 502 g/mol. The SMILES string of the molecule is CCCC1CCC(c2ccc(C(=O)OC3CCC(c4ccc(OCC)cc4F)CC3)c(F)c2F)CC1. The molecule has 0 heterocycles. The van der Waals surface area contributed by atoms with Crippen molar-refractivity contribution in [3.8, 4) is 5.75 Å². The van der Waals surface area contributed by atoms with Gasteiger partial charge in [-0.05, 0) is 99.3 Å². The molecule has 196 valence electrons. The second-order valence-electron chi connectivity index (χ2n) is 10.3. The highest BCUT2D eigenvalue weighted by Crippen LogP contribution is 2.40. The second kappa shape index (κ2) is 12.2. The molecule has 2 aromatic carbocycles. The number of hydrogen-bond donors (Lipinski definition) is 0. The smallest absolute Gasteiger partial charge is 0.341 e. The van der Waals surface area contributed by atoms with Gasteiger partial charge in [-0.3, -0.25) is 0 Å². The first-order chi connectivity index (χ1) is 17.4. The Morgan fingerprint density at radius 2 is 1.47 bits per heavy atom. The summed E-state index contributed by atoms with van der Waals surface area (Å²) in [5, 5.41) is 0. The van der Waals surface area contributed by atoms with E-state index >= 15 is 0 Å². The summed E-state index contributed by atoms with van der Waals surface area (Å²) in [4.78, 5) is 12.7. The zero-order chi connectivity index (χ0) is 25.7. The Balaban J connectivity index is 1.33. The fourth-order valence-electron chi connectivity index (χ4n) is 6.01. The number of carbonyl (C=O) groups excluding carboxylic acids is 1. The number of esters is 1. The Morgan fingerprint density at radius 1 is 0.833 bits per heavy atom. The Kier molecular flexibility index (Phi) is 8.97. The maximum Gasteiger partial charge on any atom is 0.341 e. The molecule has 0 bridgehead atoms. The van der Waals surface area contributed by atoms with Crippen LogP contribution in [0.1, 0.15) is 111 Å². The average Bonchev–Trinajstić information content (AvgIpc) is 2.87. The molecule has 0 atom stereocenters. The molecule has 0 aliphatic heterocycles. The van der Waals surface area contributed by atoms with Crippen LogP contribution in [0.2, 0.25) is 0 Å². The standard InChI is InChI=1S/C30H37F3O3/c1-3-5-19-6-8-21(9-7-19)25-16-17-26(29(33)28(25)32)30(34)36-22-12-10-20(11-13-22)24-15-14-23(35-4-2)18-27(24)31/h14-22H,3-13H2,1-2H3.